The molecular formula is C9H7LiN2O3. The zero-order chi connectivity index (χ0) is 9.97. The van der Waals surface area contributed by atoms with E-state index in [1.807, 2.05) is 6.07 Å². The summed E-state index contributed by atoms with van der Waals surface area (Å²) in [5, 5.41) is 15.5. The number of hydrogen-bond acceptors (Lipinski definition) is 4. The van der Waals surface area contributed by atoms with Crippen LogP contribution in [0.3, 0.4) is 0 Å². The Hall–Kier alpha value is -1.57. The number of carboxylic acid groups (broad SMARTS) is 1. The number of nitrogens with zero attached hydrogens (tertiary/aromatic N) is 2. The van der Waals surface area contributed by atoms with Gasteiger partial charge in [-0.05, 0) is 12.1 Å². The van der Waals surface area contributed by atoms with Crippen LogP contribution >= 0.6 is 0 Å². The predicted molar refractivity (Wildman–Crippen MR) is 47.8 cm³/mol. The zero-order valence-electron chi connectivity index (χ0n) is 9.04. The van der Waals surface area contributed by atoms with Gasteiger partial charge in [0.1, 0.15) is 0 Å². The summed E-state index contributed by atoms with van der Waals surface area (Å²) in [7, 11) is 0. The van der Waals surface area contributed by atoms with Crippen molar-refractivity contribution in [2.75, 3.05) is 0 Å². The van der Waals surface area contributed by atoms with Crippen molar-refractivity contribution in [3.8, 4) is 11.5 Å². The molecule has 0 radical (unpaired) electrons. The average Bonchev–Trinajstić information content (AvgIpc) is 2.68. The smallest absolute Gasteiger partial charge is 1.00 e. The number of rotatable bonds is 2. The Bertz CT molecular complexity index is 461. The summed E-state index contributed by atoms with van der Waals surface area (Å²) >= 11 is 0. The standard InChI is InChI=1S/C9H6N2O3.Li.H/c12-9(13)8-11-10-7(14-8)6-4-2-1-3-5-6;;/h1-5H,(H,12,13);;/q;+1;-1. The van der Waals surface area contributed by atoms with Crippen LogP contribution in [-0.4, -0.2) is 21.3 Å². The van der Waals surface area contributed by atoms with Crippen LogP contribution in [0.2, 0.25) is 0 Å². The van der Waals surface area contributed by atoms with Crippen LogP contribution in [0.25, 0.3) is 11.5 Å². The first-order chi connectivity index (χ1) is 6.77. The van der Waals surface area contributed by atoms with Crippen molar-refractivity contribution in [1.29, 1.82) is 0 Å². The van der Waals surface area contributed by atoms with Gasteiger partial charge in [0.25, 0.3) is 0 Å². The van der Waals surface area contributed by atoms with Gasteiger partial charge in [-0.3, -0.25) is 0 Å². The minimum absolute atomic E-state index is 0. The maximum Gasteiger partial charge on any atom is 1.00 e. The Morgan fingerprint density at radius 2 is 1.93 bits per heavy atom. The molecule has 15 heavy (non-hydrogen) atoms. The van der Waals surface area contributed by atoms with Crippen LogP contribution in [0.15, 0.2) is 34.7 Å². The average molecular weight is 198 g/mol. The first kappa shape index (κ1) is 11.5. The molecule has 0 aliphatic carbocycles. The molecule has 72 valence electrons. The van der Waals surface area contributed by atoms with E-state index in [9.17, 15) is 4.79 Å². The van der Waals surface area contributed by atoms with Crippen molar-refractivity contribution < 1.29 is 34.6 Å². The van der Waals surface area contributed by atoms with E-state index in [-0.39, 0.29) is 26.2 Å². The van der Waals surface area contributed by atoms with E-state index < -0.39 is 11.9 Å². The number of benzene rings is 1. The van der Waals surface area contributed by atoms with Crippen LogP contribution in [0.1, 0.15) is 12.1 Å². The molecule has 1 aromatic carbocycles. The fourth-order valence-electron chi connectivity index (χ4n) is 1.01. The van der Waals surface area contributed by atoms with Crippen molar-refractivity contribution in [3.05, 3.63) is 36.2 Å². The number of aromatic nitrogens is 2. The summed E-state index contributed by atoms with van der Waals surface area (Å²) in [4.78, 5) is 10.4. The molecule has 2 aromatic rings. The van der Waals surface area contributed by atoms with Crippen molar-refractivity contribution in [1.82, 2.24) is 10.2 Å². The maximum absolute atomic E-state index is 10.4. The van der Waals surface area contributed by atoms with Crippen LogP contribution in [0.5, 0.6) is 0 Å². The van der Waals surface area contributed by atoms with Gasteiger partial charge >= 0.3 is 30.7 Å². The van der Waals surface area contributed by atoms with E-state index >= 15 is 0 Å². The van der Waals surface area contributed by atoms with Gasteiger partial charge < -0.3 is 11.0 Å². The molecular weight excluding hydrogens is 191 g/mol. The Labute approximate surface area is 98.8 Å². The van der Waals surface area contributed by atoms with Crippen molar-refractivity contribution in [2.45, 2.75) is 0 Å². The van der Waals surface area contributed by atoms with E-state index in [2.05, 4.69) is 10.2 Å². The molecule has 0 saturated carbocycles. The van der Waals surface area contributed by atoms with Gasteiger partial charge in [-0.25, -0.2) is 4.79 Å². The van der Waals surface area contributed by atoms with E-state index in [0.717, 1.165) is 0 Å². The quantitative estimate of drug-likeness (QED) is 0.597. The minimum atomic E-state index is -1.22. The number of aromatic carboxylic acids is 1. The Kier molecular flexibility index (Phi) is 3.66. The Morgan fingerprint density at radius 3 is 2.47 bits per heavy atom. The summed E-state index contributed by atoms with van der Waals surface area (Å²) in [6.45, 7) is 0. The van der Waals surface area contributed by atoms with E-state index in [1.54, 1.807) is 24.3 Å². The van der Waals surface area contributed by atoms with Gasteiger partial charge in [0.05, 0.1) is 0 Å². The molecule has 1 aromatic heterocycles. The third kappa shape index (κ3) is 2.46. The van der Waals surface area contributed by atoms with Gasteiger partial charge in [-0.1, -0.05) is 18.2 Å². The maximum atomic E-state index is 10.4. The largest absolute Gasteiger partial charge is 1.00 e. The fourth-order valence-corrected chi connectivity index (χ4v) is 1.01. The Balaban J connectivity index is 0.00000112. The summed E-state index contributed by atoms with van der Waals surface area (Å²) in [6, 6.07) is 8.98. The van der Waals surface area contributed by atoms with Gasteiger partial charge in [-0.15, -0.1) is 10.2 Å². The van der Waals surface area contributed by atoms with Gasteiger partial charge in [0.2, 0.25) is 5.89 Å². The second-order valence-electron chi connectivity index (χ2n) is 2.58. The van der Waals surface area contributed by atoms with E-state index in [4.69, 9.17) is 9.52 Å². The fraction of sp³-hybridized carbons (Fsp3) is 0. The molecule has 0 bridgehead atoms. The molecule has 5 nitrogen and oxygen atoms in total. The van der Waals surface area contributed by atoms with Crippen LogP contribution in [0.4, 0.5) is 0 Å². The minimum Gasteiger partial charge on any atom is -1.00 e. The first-order valence-corrected chi connectivity index (χ1v) is 3.89. The summed E-state index contributed by atoms with van der Waals surface area (Å²) in [6.07, 6.45) is 0. The number of carbonyl (C=O) groups is 1. The topological polar surface area (TPSA) is 76.2 Å². The van der Waals surface area contributed by atoms with Crippen LogP contribution < -0.4 is 18.9 Å². The normalized spacial score (nSPS) is 9.33. The molecule has 0 aliphatic rings. The summed E-state index contributed by atoms with van der Waals surface area (Å²) in [5.41, 5.74) is 0.701. The zero-order valence-corrected chi connectivity index (χ0v) is 8.04. The molecule has 0 fully saturated rings. The molecule has 0 unspecified atom stereocenters. The monoisotopic (exact) mass is 198 g/mol. The molecule has 0 spiro atoms. The van der Waals surface area contributed by atoms with Gasteiger partial charge in [0.15, 0.2) is 0 Å². The summed E-state index contributed by atoms with van der Waals surface area (Å²) < 4.78 is 4.91. The van der Waals surface area contributed by atoms with E-state index in [1.165, 1.54) is 0 Å². The van der Waals surface area contributed by atoms with E-state index in [0.29, 0.717) is 5.56 Å². The number of hydrogen-bond donors (Lipinski definition) is 1. The molecule has 1 heterocycles. The summed E-state index contributed by atoms with van der Waals surface area (Å²) in [5.74, 6) is -1.41. The molecule has 0 amide bonds. The first-order valence-electron chi connectivity index (χ1n) is 3.89. The molecule has 0 atom stereocenters. The van der Waals surface area contributed by atoms with Gasteiger partial charge in [-0.2, -0.15) is 0 Å². The second-order valence-corrected chi connectivity index (χ2v) is 2.58. The third-order valence-corrected chi connectivity index (χ3v) is 1.63. The van der Waals surface area contributed by atoms with Gasteiger partial charge in [0, 0.05) is 5.56 Å². The Morgan fingerprint density at radius 1 is 1.27 bits per heavy atom. The molecule has 0 aliphatic heterocycles. The van der Waals surface area contributed by atoms with Crippen LogP contribution in [-0.2, 0) is 0 Å². The third-order valence-electron chi connectivity index (χ3n) is 1.63. The molecule has 1 N–H and O–H groups in total. The van der Waals surface area contributed by atoms with Crippen LogP contribution in [0, 0.1) is 0 Å². The van der Waals surface area contributed by atoms with Crippen molar-refractivity contribution >= 4 is 5.97 Å². The molecule has 6 heteroatoms. The number of carboxylic acids is 1. The predicted octanol–water partition coefficient (Wildman–Crippen LogP) is -1.45. The van der Waals surface area contributed by atoms with Crippen molar-refractivity contribution in [2.24, 2.45) is 0 Å². The second kappa shape index (κ2) is 4.78. The molecule has 0 saturated heterocycles. The SMILES string of the molecule is O=C(O)c1nnc(-c2ccccc2)o1.[H-].[Li+]. The van der Waals surface area contributed by atoms with Crippen molar-refractivity contribution in [3.63, 3.8) is 0 Å². The molecule has 2 rings (SSSR count).